The van der Waals surface area contributed by atoms with Gasteiger partial charge < -0.3 is 20.7 Å². The molecule has 6 rings (SSSR count). The zero-order valence-corrected chi connectivity index (χ0v) is 20.8. The molecule has 2 aliphatic heterocycles. The van der Waals surface area contributed by atoms with Crippen molar-refractivity contribution in [3.05, 3.63) is 70.5 Å². The lowest BCUT2D eigenvalue weighted by atomic mass is 9.90. The second-order valence-electron chi connectivity index (χ2n) is 11.1. The lowest BCUT2D eigenvalue weighted by molar-refractivity contribution is -0.138. The van der Waals surface area contributed by atoms with Gasteiger partial charge in [0.05, 0.1) is 30.2 Å². The van der Waals surface area contributed by atoms with E-state index in [0.717, 1.165) is 18.6 Å². The van der Waals surface area contributed by atoms with Crippen LogP contribution in [0.2, 0.25) is 0 Å². The Morgan fingerprint density at radius 1 is 1.08 bits per heavy atom. The molecule has 0 bridgehead atoms. The van der Waals surface area contributed by atoms with Crippen LogP contribution >= 0.6 is 0 Å². The summed E-state index contributed by atoms with van der Waals surface area (Å²) in [5.74, 6) is -2.48. The summed E-state index contributed by atoms with van der Waals surface area (Å²) in [6.45, 7) is 0.441. The molecule has 4 atom stereocenters. The van der Waals surface area contributed by atoms with Gasteiger partial charge in [0, 0.05) is 23.1 Å². The molecule has 2 aliphatic carbocycles. The molecular weight excluding hydrogens is 518 g/mol. The monoisotopic (exact) mass is 545 g/mol. The van der Waals surface area contributed by atoms with Crippen LogP contribution in [0, 0.1) is 17.7 Å². The fourth-order valence-electron chi connectivity index (χ4n) is 5.98. The van der Waals surface area contributed by atoms with Crippen LogP contribution in [0.5, 0.6) is 0 Å². The third-order valence-electron chi connectivity index (χ3n) is 8.62. The molecule has 2 heterocycles. The highest BCUT2D eigenvalue weighted by atomic mass is 19.4. The number of benzene rings is 2. The van der Waals surface area contributed by atoms with Gasteiger partial charge in [-0.3, -0.25) is 14.4 Å². The van der Waals surface area contributed by atoms with Gasteiger partial charge in [0.15, 0.2) is 0 Å². The Morgan fingerprint density at radius 2 is 1.82 bits per heavy atom. The van der Waals surface area contributed by atoms with Crippen LogP contribution in [0.1, 0.15) is 58.8 Å². The van der Waals surface area contributed by atoms with Gasteiger partial charge in [-0.1, -0.05) is 18.2 Å². The number of ether oxygens (including phenoxy) is 1. The number of rotatable bonds is 7. The first-order chi connectivity index (χ1) is 18.5. The van der Waals surface area contributed by atoms with Gasteiger partial charge in [-0.05, 0) is 61.4 Å². The molecule has 3 amide bonds. The molecule has 1 unspecified atom stereocenters. The number of likely N-dealkylation sites (tertiary alicyclic amines) is 1. The summed E-state index contributed by atoms with van der Waals surface area (Å²) in [6.07, 6.45) is -2.25. The third-order valence-corrected chi connectivity index (χ3v) is 8.62. The number of carbonyl (C=O) groups excluding carboxylic acids is 3. The summed E-state index contributed by atoms with van der Waals surface area (Å²) in [5, 5.41) is 2.82. The molecule has 0 radical (unpaired) electrons. The maximum absolute atomic E-state index is 14.9. The maximum Gasteiger partial charge on any atom is 0.416 e. The molecule has 39 heavy (non-hydrogen) atoms. The number of halogens is 4. The number of fused-ring (bicyclic) bond motifs is 1. The number of nitrogens with two attached hydrogens (primary N) is 1. The van der Waals surface area contributed by atoms with E-state index in [1.165, 1.54) is 0 Å². The molecule has 2 saturated heterocycles. The Morgan fingerprint density at radius 3 is 2.41 bits per heavy atom. The zero-order valence-electron chi connectivity index (χ0n) is 20.8. The van der Waals surface area contributed by atoms with E-state index in [-0.39, 0.29) is 42.6 Å². The fourth-order valence-corrected chi connectivity index (χ4v) is 5.98. The first-order valence-electron chi connectivity index (χ1n) is 13.0. The van der Waals surface area contributed by atoms with Crippen molar-refractivity contribution in [1.82, 2.24) is 10.2 Å². The van der Waals surface area contributed by atoms with E-state index in [1.807, 2.05) is 0 Å². The molecule has 4 fully saturated rings. The largest absolute Gasteiger partial charge is 0.416 e. The predicted molar refractivity (Wildman–Crippen MR) is 130 cm³/mol. The lowest BCUT2D eigenvalue weighted by Gasteiger charge is -2.36. The minimum atomic E-state index is -4.70. The highest BCUT2D eigenvalue weighted by Crippen LogP contribution is 2.50. The molecule has 2 aromatic carbocycles. The molecule has 0 spiro atoms. The summed E-state index contributed by atoms with van der Waals surface area (Å²) in [7, 11) is 0. The van der Waals surface area contributed by atoms with E-state index in [0.29, 0.717) is 36.5 Å². The van der Waals surface area contributed by atoms with Gasteiger partial charge in [0.1, 0.15) is 11.9 Å². The van der Waals surface area contributed by atoms with Crippen LogP contribution < -0.4 is 11.1 Å². The van der Waals surface area contributed by atoms with E-state index >= 15 is 0 Å². The Kier molecular flexibility index (Phi) is 5.98. The van der Waals surface area contributed by atoms with Crippen molar-refractivity contribution in [2.24, 2.45) is 17.6 Å². The lowest BCUT2D eigenvalue weighted by Crippen LogP contribution is -2.51. The SMILES string of the molecule is NC(=O)C1(c2cccc(C(=O)N3[C@@H](C(=O)N[C@@H](c4ccc(C(F)(F)F)cc4F)C4COC4)CC4C[C@H]43)c2)CC1. The van der Waals surface area contributed by atoms with E-state index in [4.69, 9.17) is 10.5 Å². The van der Waals surface area contributed by atoms with E-state index in [2.05, 4.69) is 5.32 Å². The van der Waals surface area contributed by atoms with Crippen molar-refractivity contribution in [3.63, 3.8) is 0 Å². The molecule has 3 N–H and O–H groups in total. The molecule has 11 heteroatoms. The second kappa shape index (κ2) is 9.04. The molecular formula is C28H27F4N3O4. The molecule has 0 aromatic heterocycles. The first kappa shape index (κ1) is 25.8. The van der Waals surface area contributed by atoms with E-state index in [9.17, 15) is 31.9 Å². The van der Waals surface area contributed by atoms with Gasteiger partial charge in [-0.2, -0.15) is 13.2 Å². The number of alkyl halides is 3. The number of carbonyl (C=O) groups is 3. The summed E-state index contributed by atoms with van der Waals surface area (Å²) >= 11 is 0. The van der Waals surface area contributed by atoms with Gasteiger partial charge in [0.2, 0.25) is 11.8 Å². The average molecular weight is 546 g/mol. The topological polar surface area (TPSA) is 102 Å². The Labute approximate surface area is 221 Å². The number of amides is 3. The van der Waals surface area contributed by atoms with E-state index in [1.54, 1.807) is 29.2 Å². The quantitative estimate of drug-likeness (QED) is 0.521. The van der Waals surface area contributed by atoms with Gasteiger partial charge in [-0.15, -0.1) is 0 Å². The van der Waals surface area contributed by atoms with Gasteiger partial charge in [0.25, 0.3) is 5.91 Å². The second-order valence-corrected chi connectivity index (χ2v) is 11.1. The van der Waals surface area contributed by atoms with Crippen molar-refractivity contribution in [2.75, 3.05) is 13.2 Å². The van der Waals surface area contributed by atoms with Crippen molar-refractivity contribution < 1.29 is 36.7 Å². The minimum Gasteiger partial charge on any atom is -0.381 e. The Hall–Kier alpha value is -3.47. The zero-order chi connectivity index (χ0) is 27.7. The Balaban J connectivity index is 1.24. The molecule has 4 aliphatic rings. The highest BCUT2D eigenvalue weighted by molar-refractivity contribution is 5.99. The normalized spacial score (nSPS) is 25.8. The van der Waals surface area contributed by atoms with Gasteiger partial charge >= 0.3 is 6.18 Å². The third kappa shape index (κ3) is 4.46. The first-order valence-corrected chi connectivity index (χ1v) is 13.0. The van der Waals surface area contributed by atoms with E-state index < -0.39 is 46.9 Å². The summed E-state index contributed by atoms with van der Waals surface area (Å²) in [6, 6.07) is 7.23. The number of hydrogen-bond donors (Lipinski definition) is 2. The predicted octanol–water partition coefficient (Wildman–Crippen LogP) is 3.47. The molecule has 206 valence electrons. The van der Waals surface area contributed by atoms with Crippen molar-refractivity contribution in [3.8, 4) is 0 Å². The van der Waals surface area contributed by atoms with Crippen LogP contribution in [0.25, 0.3) is 0 Å². The maximum atomic E-state index is 14.9. The number of nitrogens with one attached hydrogen (secondary N) is 1. The molecule has 2 aromatic rings. The summed E-state index contributed by atoms with van der Waals surface area (Å²) < 4.78 is 59.3. The average Bonchev–Trinajstić information content (AvgIpc) is 3.78. The number of hydrogen-bond acceptors (Lipinski definition) is 4. The van der Waals surface area contributed by atoms with Crippen molar-refractivity contribution >= 4 is 17.7 Å². The standard InChI is InChI=1S/C28H27F4N3O4/c29-20-11-18(28(30,31)32)4-5-19(20)23(16-12-39-13-16)34-24(36)22-10-15-9-21(15)35(22)25(37)14-2-1-3-17(8-14)27(6-7-27)26(33)38/h1-5,8,11,15-16,21-23H,6-7,9-10,12-13H2,(H2,33,38)(H,34,36)/t15?,21-,22-,23-/m1/s1. The number of primary amides is 1. The van der Waals surface area contributed by atoms with Crippen molar-refractivity contribution in [2.45, 2.75) is 55.4 Å². The number of piperidine rings is 1. The molecule has 2 saturated carbocycles. The summed E-state index contributed by atoms with van der Waals surface area (Å²) in [5.41, 5.74) is 4.70. The fraction of sp³-hybridized carbons (Fsp3) is 0.464. The van der Waals surface area contributed by atoms with Crippen LogP contribution in [-0.4, -0.2) is 47.9 Å². The smallest absolute Gasteiger partial charge is 0.381 e. The summed E-state index contributed by atoms with van der Waals surface area (Å²) in [4.78, 5) is 40.7. The minimum absolute atomic E-state index is 0.0560. The van der Waals surface area contributed by atoms with Crippen molar-refractivity contribution in [1.29, 1.82) is 0 Å². The van der Waals surface area contributed by atoms with Crippen LogP contribution in [0.15, 0.2) is 42.5 Å². The van der Waals surface area contributed by atoms with Gasteiger partial charge in [-0.25, -0.2) is 4.39 Å². The van der Waals surface area contributed by atoms with Crippen LogP contribution in [0.4, 0.5) is 17.6 Å². The van der Waals surface area contributed by atoms with Crippen LogP contribution in [0.3, 0.4) is 0 Å². The molecule has 7 nitrogen and oxygen atoms in total. The van der Waals surface area contributed by atoms with Crippen LogP contribution in [-0.2, 0) is 25.9 Å². The highest BCUT2D eigenvalue weighted by Gasteiger charge is 2.57. The number of nitrogens with zero attached hydrogens (tertiary/aromatic N) is 1. The Bertz CT molecular complexity index is 1350.